The highest BCUT2D eigenvalue weighted by Crippen LogP contribution is 2.34. The number of aliphatic hydroxyl groups is 1. The largest absolute Gasteiger partial charge is 0.496 e. The van der Waals surface area contributed by atoms with Crippen LogP contribution in [0.3, 0.4) is 0 Å². The molecule has 0 saturated carbocycles. The first-order chi connectivity index (χ1) is 20.8. The monoisotopic (exact) mass is 618 g/mol. The molecule has 4 rings (SSSR count). The molecule has 1 unspecified atom stereocenters. The fourth-order valence-electron chi connectivity index (χ4n) is 4.68. The van der Waals surface area contributed by atoms with E-state index in [2.05, 4.69) is 5.32 Å². The van der Waals surface area contributed by atoms with Crippen molar-refractivity contribution >= 4 is 23.5 Å². The van der Waals surface area contributed by atoms with E-state index < -0.39 is 23.1 Å². The smallest absolute Gasteiger partial charge is 0.408 e. The molecule has 0 bridgehead atoms. The Labute approximate surface area is 262 Å². The van der Waals surface area contributed by atoms with Crippen LogP contribution in [0.1, 0.15) is 66.4 Å². The molecule has 230 valence electrons. The van der Waals surface area contributed by atoms with Crippen LogP contribution in [0, 0.1) is 12.7 Å². The number of alkyl carbamates (subject to hydrolysis) is 1. The number of carbonyl (C=O) groups is 2. The highest BCUT2D eigenvalue weighted by atomic mass is 35.5. The maximum atomic E-state index is 14.0. The van der Waals surface area contributed by atoms with Gasteiger partial charge in [-0.2, -0.15) is 0 Å². The van der Waals surface area contributed by atoms with Crippen LogP contribution in [0.15, 0.2) is 78.9 Å². The highest BCUT2D eigenvalue weighted by molar-refractivity contribution is 6.31. The van der Waals surface area contributed by atoms with Crippen molar-refractivity contribution in [3.8, 4) is 17.0 Å². The number of hydrogen-bond acceptors (Lipinski definition) is 6. The van der Waals surface area contributed by atoms with Crippen molar-refractivity contribution in [2.24, 2.45) is 0 Å². The Morgan fingerprint density at radius 3 is 2.41 bits per heavy atom. The lowest BCUT2D eigenvalue weighted by Gasteiger charge is -2.30. The van der Waals surface area contributed by atoms with E-state index in [1.807, 2.05) is 43.3 Å². The predicted octanol–water partition coefficient (Wildman–Crippen LogP) is 7.89. The van der Waals surface area contributed by atoms with Crippen LogP contribution in [-0.4, -0.2) is 29.1 Å². The Balaban J connectivity index is 1.62. The number of ketones is 1. The highest BCUT2D eigenvalue weighted by Gasteiger charge is 2.31. The summed E-state index contributed by atoms with van der Waals surface area (Å²) in [7, 11) is 1.55. The fraction of sp³-hybridized carbons (Fsp3) is 0.286. The van der Waals surface area contributed by atoms with E-state index in [1.54, 1.807) is 52.1 Å². The van der Waals surface area contributed by atoms with Crippen molar-refractivity contribution in [3.63, 3.8) is 0 Å². The van der Waals surface area contributed by atoms with E-state index >= 15 is 0 Å². The fourth-order valence-corrected chi connectivity index (χ4v) is 4.86. The predicted molar refractivity (Wildman–Crippen MR) is 168 cm³/mol. The Kier molecular flexibility index (Phi) is 10.1. The number of nitrogens with one attached hydrogen (secondary N) is 1. The second kappa shape index (κ2) is 13.6. The Morgan fingerprint density at radius 1 is 1.00 bits per heavy atom. The molecule has 1 amide bonds. The van der Waals surface area contributed by atoms with Crippen molar-refractivity contribution in [1.82, 2.24) is 10.3 Å². The lowest BCUT2D eigenvalue weighted by molar-refractivity contribution is 0.0396. The summed E-state index contributed by atoms with van der Waals surface area (Å²) in [5.74, 6) is -0.127. The minimum Gasteiger partial charge on any atom is -0.496 e. The summed E-state index contributed by atoms with van der Waals surface area (Å²) in [5, 5.41) is 14.4. The zero-order valence-electron chi connectivity index (χ0n) is 25.4. The van der Waals surface area contributed by atoms with Crippen LogP contribution in [0.25, 0.3) is 11.3 Å². The van der Waals surface area contributed by atoms with Crippen molar-refractivity contribution < 1.29 is 28.6 Å². The molecule has 0 spiro atoms. The summed E-state index contributed by atoms with van der Waals surface area (Å²) in [6.07, 6.45) is -0.528. The molecule has 3 aromatic carbocycles. The summed E-state index contributed by atoms with van der Waals surface area (Å²) < 4.78 is 24.8. The van der Waals surface area contributed by atoms with Gasteiger partial charge in [-0.3, -0.25) is 4.79 Å². The van der Waals surface area contributed by atoms with Crippen LogP contribution in [0.2, 0.25) is 5.02 Å². The van der Waals surface area contributed by atoms with Gasteiger partial charge in [-0.25, -0.2) is 14.2 Å². The van der Waals surface area contributed by atoms with Gasteiger partial charge < -0.3 is 19.9 Å². The Bertz CT molecular complexity index is 1660. The second-order valence-corrected chi connectivity index (χ2v) is 11.9. The van der Waals surface area contributed by atoms with E-state index in [0.29, 0.717) is 28.1 Å². The third-order valence-corrected chi connectivity index (χ3v) is 7.80. The topological polar surface area (TPSA) is 97.8 Å². The lowest BCUT2D eigenvalue weighted by Crippen LogP contribution is -2.41. The van der Waals surface area contributed by atoms with Gasteiger partial charge in [0, 0.05) is 17.5 Å². The van der Waals surface area contributed by atoms with Gasteiger partial charge in [0.1, 0.15) is 23.8 Å². The van der Waals surface area contributed by atoms with Gasteiger partial charge in [-0.15, -0.1) is 0 Å². The number of ether oxygens (including phenoxy) is 2. The van der Waals surface area contributed by atoms with Gasteiger partial charge >= 0.3 is 6.09 Å². The molecule has 0 saturated heterocycles. The second-order valence-electron chi connectivity index (χ2n) is 11.4. The molecular weight excluding hydrogens is 583 g/mol. The first-order valence-electron chi connectivity index (χ1n) is 14.2. The number of Topliss-reactive ketones (excluding diaryl/α,β-unsaturated/α-hetero) is 1. The van der Waals surface area contributed by atoms with Crippen LogP contribution in [0.5, 0.6) is 5.75 Å². The van der Waals surface area contributed by atoms with Crippen molar-refractivity contribution in [2.45, 2.75) is 58.3 Å². The van der Waals surface area contributed by atoms with E-state index in [4.69, 9.17) is 26.1 Å². The lowest BCUT2D eigenvalue weighted by atomic mass is 9.87. The molecule has 0 radical (unpaired) electrons. The zero-order chi connectivity index (χ0) is 32.1. The molecule has 4 aromatic rings. The van der Waals surface area contributed by atoms with Crippen LogP contribution in [0.4, 0.5) is 9.18 Å². The molecule has 0 aliphatic heterocycles. The van der Waals surface area contributed by atoms with Gasteiger partial charge in [0.25, 0.3) is 0 Å². The number of rotatable bonds is 11. The summed E-state index contributed by atoms with van der Waals surface area (Å²) in [4.78, 5) is 30.6. The van der Waals surface area contributed by atoms with Crippen molar-refractivity contribution in [2.75, 3.05) is 7.11 Å². The van der Waals surface area contributed by atoms with Gasteiger partial charge in [0.05, 0.1) is 29.1 Å². The number of amides is 1. The number of aromatic nitrogens is 1. The average molecular weight is 619 g/mol. The van der Waals surface area contributed by atoms with Crippen LogP contribution < -0.4 is 10.1 Å². The Morgan fingerprint density at radius 2 is 1.73 bits per heavy atom. The molecule has 0 fully saturated rings. The summed E-state index contributed by atoms with van der Waals surface area (Å²) in [6, 6.07) is 22.2. The van der Waals surface area contributed by atoms with Crippen LogP contribution >= 0.6 is 11.6 Å². The van der Waals surface area contributed by atoms with E-state index in [-0.39, 0.29) is 35.9 Å². The maximum absolute atomic E-state index is 14.0. The maximum Gasteiger partial charge on any atom is 0.408 e. The first kappa shape index (κ1) is 32.6. The molecule has 1 heterocycles. The summed E-state index contributed by atoms with van der Waals surface area (Å²) >= 11 is 6.08. The number of halogens is 2. The van der Waals surface area contributed by atoms with Gasteiger partial charge in [-0.05, 0) is 87.2 Å². The molecule has 1 aromatic heterocycles. The van der Waals surface area contributed by atoms with Crippen LogP contribution in [-0.2, 0) is 22.5 Å². The van der Waals surface area contributed by atoms with Gasteiger partial charge in [0.15, 0.2) is 5.78 Å². The molecule has 0 aliphatic carbocycles. The number of hydrogen-bond donors (Lipinski definition) is 2. The Hall–Kier alpha value is -4.27. The van der Waals surface area contributed by atoms with E-state index in [1.165, 1.54) is 18.2 Å². The van der Waals surface area contributed by atoms with E-state index in [9.17, 15) is 19.1 Å². The molecule has 44 heavy (non-hydrogen) atoms. The third-order valence-electron chi connectivity index (χ3n) is 7.51. The number of methoxy groups -OCH3 is 1. The number of nitrogens with zero attached hydrogens (tertiary/aromatic N) is 1. The summed E-state index contributed by atoms with van der Waals surface area (Å²) in [6.45, 7) is 7.15. The third kappa shape index (κ3) is 8.01. The molecule has 7 nitrogen and oxygen atoms in total. The van der Waals surface area contributed by atoms with Crippen molar-refractivity contribution in [1.29, 1.82) is 0 Å². The standard InChI is InChI=1S/C35H36ClFN2O5/c1-22-11-12-25(18-31(22)43-5)30(40)15-16-35(4,42)32-20-26(19-29(38-32)24-13-14-28(37)27(36)17-24)34(2,3)39-33(41)44-21-23-9-7-6-8-10-23/h6-14,17-20,42H,15-16,21H2,1-5H3,(H,39,41). The first-order valence-corrected chi connectivity index (χ1v) is 14.5. The van der Waals surface area contributed by atoms with Gasteiger partial charge in [0.2, 0.25) is 0 Å². The quantitative estimate of drug-likeness (QED) is 0.166. The summed E-state index contributed by atoms with van der Waals surface area (Å²) in [5.41, 5.74) is 1.50. The molecule has 1 atom stereocenters. The minimum absolute atomic E-state index is 0.0380. The normalized spacial score (nSPS) is 12.7. The average Bonchev–Trinajstić information content (AvgIpc) is 3.00. The SMILES string of the molecule is COc1cc(C(=O)CCC(C)(O)c2cc(C(C)(C)NC(=O)OCc3ccccc3)cc(-c3ccc(F)c(Cl)c3)n2)ccc1C. The molecular formula is C35H36ClFN2O5. The minimum atomic E-state index is -1.54. The molecule has 9 heteroatoms. The molecule has 2 N–H and O–H groups in total. The number of benzene rings is 3. The van der Waals surface area contributed by atoms with Gasteiger partial charge in [-0.1, -0.05) is 54.1 Å². The van der Waals surface area contributed by atoms with E-state index in [0.717, 1.165) is 11.1 Å². The number of pyridine rings is 1. The van der Waals surface area contributed by atoms with Crippen molar-refractivity contribution in [3.05, 3.63) is 118 Å². The molecule has 0 aliphatic rings. The number of carbonyl (C=O) groups excluding carboxylic acids is 2. The zero-order valence-corrected chi connectivity index (χ0v) is 26.2. The number of aryl methyl sites for hydroxylation is 1.